The highest BCUT2D eigenvalue weighted by molar-refractivity contribution is 7.18. The Hall–Kier alpha value is -1.99. The van der Waals surface area contributed by atoms with Crippen molar-refractivity contribution in [3.05, 3.63) is 28.8 Å². The van der Waals surface area contributed by atoms with E-state index in [4.69, 9.17) is 5.73 Å². The maximum absolute atomic E-state index is 12.4. The number of carbonyl (C=O) groups is 2. The highest BCUT2D eigenvalue weighted by Gasteiger charge is 2.24. The minimum absolute atomic E-state index is 0.168. The number of fused-ring (bicyclic) bond motifs is 1. The fraction of sp³-hybridized carbons (Fsp3) is 0.526. The minimum Gasteiger partial charge on any atom is -0.344 e. The zero-order valence-electron chi connectivity index (χ0n) is 16.0. The first-order valence-electron chi connectivity index (χ1n) is 8.93. The first kappa shape index (κ1) is 20.3. The van der Waals surface area contributed by atoms with Crippen molar-refractivity contribution in [2.45, 2.75) is 59.2 Å². The van der Waals surface area contributed by atoms with Crippen LogP contribution in [-0.2, 0) is 16.0 Å². The van der Waals surface area contributed by atoms with Gasteiger partial charge in [0.1, 0.15) is 6.04 Å². The molecule has 0 spiro atoms. The summed E-state index contributed by atoms with van der Waals surface area (Å²) in [6, 6.07) is 5.54. The molecule has 0 aliphatic carbocycles. The van der Waals surface area contributed by atoms with Crippen molar-refractivity contribution < 1.29 is 9.59 Å². The molecular formula is C19H28N4O2S. The molecular weight excluding hydrogens is 348 g/mol. The summed E-state index contributed by atoms with van der Waals surface area (Å²) in [7, 11) is 0. The predicted octanol–water partition coefficient (Wildman–Crippen LogP) is 2.52. The van der Waals surface area contributed by atoms with E-state index >= 15 is 0 Å². The Balaban J connectivity index is 2.24. The maximum atomic E-state index is 12.4. The molecule has 0 saturated carbocycles. The fourth-order valence-electron chi connectivity index (χ4n) is 2.48. The van der Waals surface area contributed by atoms with Crippen molar-refractivity contribution in [3.63, 3.8) is 0 Å². The zero-order chi connectivity index (χ0) is 19.4. The number of rotatable bonds is 7. The normalized spacial score (nSPS) is 13.8. The molecule has 2 rings (SSSR count). The standard InChI is InChI=1S/C19H28N4O2S/c1-10(2)13-6-7-14-16(8-13)26-17(22-14)9-15(19(25)21-12(5)20)23-18(24)11(3)4/h6-8,10-12,15H,9,20H2,1-5H3,(H,21,25)(H,23,24). The number of carbonyl (C=O) groups excluding carboxylic acids is 2. The third-order valence-corrected chi connectivity index (χ3v) is 5.07. The van der Waals surface area contributed by atoms with Gasteiger partial charge in [-0.25, -0.2) is 4.98 Å². The highest BCUT2D eigenvalue weighted by Crippen LogP contribution is 2.27. The third kappa shape index (κ3) is 5.25. The summed E-state index contributed by atoms with van der Waals surface area (Å²) in [5.74, 6) is -0.224. The van der Waals surface area contributed by atoms with Crippen LogP contribution in [0.5, 0.6) is 0 Å². The molecule has 0 saturated heterocycles. The average molecular weight is 377 g/mol. The molecule has 1 aromatic carbocycles. The number of nitrogens with zero attached hydrogens (tertiary/aromatic N) is 1. The number of aromatic nitrogens is 1. The lowest BCUT2D eigenvalue weighted by molar-refractivity contribution is -0.130. The molecule has 4 N–H and O–H groups in total. The second-order valence-electron chi connectivity index (χ2n) is 7.21. The van der Waals surface area contributed by atoms with Gasteiger partial charge in [-0.2, -0.15) is 0 Å². The van der Waals surface area contributed by atoms with Gasteiger partial charge in [0.2, 0.25) is 11.8 Å². The summed E-state index contributed by atoms with van der Waals surface area (Å²) in [6.45, 7) is 9.57. The number of hydrogen-bond donors (Lipinski definition) is 3. The van der Waals surface area contributed by atoms with Crippen molar-refractivity contribution in [1.29, 1.82) is 0 Å². The van der Waals surface area contributed by atoms with Crippen LogP contribution in [0.2, 0.25) is 0 Å². The zero-order valence-corrected chi connectivity index (χ0v) is 16.8. The van der Waals surface area contributed by atoms with Crippen LogP contribution in [0.25, 0.3) is 10.2 Å². The van der Waals surface area contributed by atoms with Crippen LogP contribution in [0.15, 0.2) is 18.2 Å². The molecule has 2 unspecified atom stereocenters. The number of benzene rings is 1. The number of nitrogens with one attached hydrogen (secondary N) is 2. The van der Waals surface area contributed by atoms with E-state index in [0.29, 0.717) is 12.3 Å². The SMILES string of the molecule is CC(N)NC(=O)C(Cc1nc2ccc(C(C)C)cc2s1)NC(=O)C(C)C. The summed E-state index contributed by atoms with van der Waals surface area (Å²) >= 11 is 1.56. The quantitative estimate of drug-likeness (QED) is 0.647. The topological polar surface area (TPSA) is 97.1 Å². The van der Waals surface area contributed by atoms with E-state index < -0.39 is 12.2 Å². The van der Waals surface area contributed by atoms with Gasteiger partial charge in [0.05, 0.1) is 21.4 Å². The molecule has 1 aromatic heterocycles. The van der Waals surface area contributed by atoms with Gasteiger partial charge in [0.25, 0.3) is 0 Å². The summed E-state index contributed by atoms with van der Waals surface area (Å²) in [6.07, 6.45) is -0.141. The number of thiazole rings is 1. The van der Waals surface area contributed by atoms with E-state index in [0.717, 1.165) is 15.2 Å². The Kier molecular flexibility index (Phi) is 6.72. The maximum Gasteiger partial charge on any atom is 0.244 e. The van der Waals surface area contributed by atoms with E-state index in [1.165, 1.54) is 5.56 Å². The van der Waals surface area contributed by atoms with Crippen LogP contribution in [0.3, 0.4) is 0 Å². The van der Waals surface area contributed by atoms with Gasteiger partial charge < -0.3 is 16.4 Å². The summed E-state index contributed by atoms with van der Waals surface area (Å²) in [4.78, 5) is 29.2. The minimum atomic E-state index is -0.693. The Morgan fingerprint density at radius 1 is 1.12 bits per heavy atom. The summed E-state index contributed by atoms with van der Waals surface area (Å²) in [5, 5.41) is 6.28. The van der Waals surface area contributed by atoms with E-state index in [1.54, 1.807) is 32.1 Å². The Labute approximate surface area is 158 Å². The predicted molar refractivity (Wildman–Crippen MR) is 106 cm³/mol. The molecule has 0 aliphatic rings. The third-order valence-electron chi connectivity index (χ3n) is 4.03. The van der Waals surface area contributed by atoms with Gasteiger partial charge >= 0.3 is 0 Å². The Morgan fingerprint density at radius 3 is 2.38 bits per heavy atom. The number of hydrogen-bond acceptors (Lipinski definition) is 5. The van der Waals surface area contributed by atoms with Crippen LogP contribution < -0.4 is 16.4 Å². The Morgan fingerprint density at radius 2 is 1.81 bits per heavy atom. The smallest absolute Gasteiger partial charge is 0.244 e. The molecule has 142 valence electrons. The lowest BCUT2D eigenvalue weighted by Crippen LogP contribution is -2.52. The van der Waals surface area contributed by atoms with Crippen molar-refractivity contribution in [1.82, 2.24) is 15.6 Å². The van der Waals surface area contributed by atoms with Crippen LogP contribution in [0, 0.1) is 5.92 Å². The van der Waals surface area contributed by atoms with Crippen LogP contribution in [0.1, 0.15) is 51.1 Å². The van der Waals surface area contributed by atoms with Gasteiger partial charge in [-0.15, -0.1) is 11.3 Å². The summed E-state index contributed by atoms with van der Waals surface area (Å²) < 4.78 is 1.09. The molecule has 0 bridgehead atoms. The van der Waals surface area contributed by atoms with Crippen LogP contribution in [0.4, 0.5) is 0 Å². The monoisotopic (exact) mass is 376 g/mol. The molecule has 6 nitrogen and oxygen atoms in total. The first-order valence-corrected chi connectivity index (χ1v) is 9.74. The number of amides is 2. The lowest BCUT2D eigenvalue weighted by Gasteiger charge is -2.20. The van der Waals surface area contributed by atoms with E-state index in [2.05, 4.69) is 41.6 Å². The highest BCUT2D eigenvalue weighted by atomic mass is 32.1. The molecule has 2 atom stereocenters. The van der Waals surface area contributed by atoms with Gasteiger partial charge in [-0.05, 0) is 30.5 Å². The lowest BCUT2D eigenvalue weighted by atomic mass is 10.0. The summed E-state index contributed by atoms with van der Waals surface area (Å²) in [5.41, 5.74) is 7.83. The Bertz CT molecular complexity index is 783. The fourth-order valence-corrected chi connectivity index (χ4v) is 3.54. The van der Waals surface area contributed by atoms with E-state index in [1.807, 2.05) is 6.07 Å². The van der Waals surface area contributed by atoms with Crippen molar-refractivity contribution in [3.8, 4) is 0 Å². The molecule has 26 heavy (non-hydrogen) atoms. The molecule has 7 heteroatoms. The second-order valence-corrected chi connectivity index (χ2v) is 8.32. The van der Waals surface area contributed by atoms with E-state index in [9.17, 15) is 9.59 Å². The largest absolute Gasteiger partial charge is 0.344 e. The molecule has 2 aromatic rings. The molecule has 1 heterocycles. The second kappa shape index (κ2) is 8.60. The van der Waals surface area contributed by atoms with Gasteiger partial charge in [0.15, 0.2) is 0 Å². The van der Waals surface area contributed by atoms with Crippen molar-refractivity contribution in [2.24, 2.45) is 11.7 Å². The molecule has 2 amide bonds. The molecule has 0 aliphatic heterocycles. The van der Waals surface area contributed by atoms with Gasteiger partial charge in [0, 0.05) is 12.3 Å². The van der Waals surface area contributed by atoms with Crippen LogP contribution >= 0.6 is 11.3 Å². The molecule has 0 fully saturated rings. The molecule has 0 radical (unpaired) electrons. The van der Waals surface area contributed by atoms with Crippen molar-refractivity contribution in [2.75, 3.05) is 0 Å². The number of nitrogens with two attached hydrogens (primary N) is 1. The van der Waals surface area contributed by atoms with E-state index in [-0.39, 0.29) is 17.7 Å². The first-order chi connectivity index (χ1) is 12.2. The average Bonchev–Trinajstić information content (AvgIpc) is 2.94. The van der Waals surface area contributed by atoms with Crippen molar-refractivity contribution >= 4 is 33.4 Å². The van der Waals surface area contributed by atoms with Gasteiger partial charge in [-0.1, -0.05) is 33.8 Å². The van der Waals surface area contributed by atoms with Crippen LogP contribution in [-0.4, -0.2) is 29.0 Å². The van der Waals surface area contributed by atoms with Gasteiger partial charge in [-0.3, -0.25) is 9.59 Å².